The van der Waals surface area contributed by atoms with Gasteiger partial charge in [-0.3, -0.25) is 9.88 Å². The Labute approximate surface area is 195 Å². The van der Waals surface area contributed by atoms with Crippen molar-refractivity contribution in [1.29, 1.82) is 5.41 Å². The van der Waals surface area contributed by atoms with E-state index in [1.165, 1.54) is 22.7 Å². The largest absolute Gasteiger partial charge is 0.394 e. The smallest absolute Gasteiger partial charge is 0.150 e. The number of nitrogens with one attached hydrogen (secondary N) is 3. The van der Waals surface area contributed by atoms with Gasteiger partial charge in [-0.25, -0.2) is 4.39 Å². The highest BCUT2D eigenvalue weighted by atomic mass is 19.1. The molecule has 0 aliphatic carbocycles. The third-order valence-corrected chi connectivity index (χ3v) is 6.61. The summed E-state index contributed by atoms with van der Waals surface area (Å²) < 4.78 is 14.7. The second-order valence-electron chi connectivity index (χ2n) is 9.38. The number of hydrogen-bond acceptors (Lipinski definition) is 4. The van der Waals surface area contributed by atoms with Crippen molar-refractivity contribution >= 4 is 16.6 Å². The molecule has 3 heterocycles. The lowest BCUT2D eigenvalue weighted by molar-refractivity contribution is 0.239. The van der Waals surface area contributed by atoms with E-state index in [9.17, 15) is 4.39 Å². The van der Waals surface area contributed by atoms with E-state index in [-0.39, 0.29) is 11.7 Å². The SMILES string of the molecule is CN/C=C\C(=N)CN1CCC(c2ccc3[nH]c(-c4cc(C)ncc4F)c(C(C)C)c3c2)CC1. The van der Waals surface area contributed by atoms with Crippen LogP contribution < -0.4 is 5.32 Å². The Bertz CT molecular complexity index is 1170. The number of halogens is 1. The summed E-state index contributed by atoms with van der Waals surface area (Å²) in [6, 6.07) is 8.51. The quantitative estimate of drug-likeness (QED) is 0.405. The van der Waals surface area contributed by atoms with Crippen molar-refractivity contribution in [3.63, 3.8) is 0 Å². The van der Waals surface area contributed by atoms with E-state index in [0.717, 1.165) is 42.8 Å². The maximum atomic E-state index is 14.7. The summed E-state index contributed by atoms with van der Waals surface area (Å²) in [5.41, 5.74) is 6.46. The van der Waals surface area contributed by atoms with Crippen LogP contribution >= 0.6 is 0 Å². The highest BCUT2D eigenvalue weighted by molar-refractivity contribution is 5.94. The van der Waals surface area contributed by atoms with Crippen LogP contribution in [0.1, 0.15) is 55.3 Å². The van der Waals surface area contributed by atoms with Gasteiger partial charge in [0, 0.05) is 41.5 Å². The van der Waals surface area contributed by atoms with Crippen molar-refractivity contribution in [2.24, 2.45) is 0 Å². The van der Waals surface area contributed by atoms with E-state index in [2.05, 4.69) is 52.2 Å². The molecule has 174 valence electrons. The number of pyridine rings is 1. The minimum absolute atomic E-state index is 0.260. The number of benzene rings is 1. The van der Waals surface area contributed by atoms with Gasteiger partial charge in [-0.05, 0) is 86.3 Å². The normalized spacial score (nSPS) is 15.7. The number of aromatic nitrogens is 2. The van der Waals surface area contributed by atoms with Crippen LogP contribution in [0.25, 0.3) is 22.2 Å². The van der Waals surface area contributed by atoms with Crippen LogP contribution in [0.3, 0.4) is 0 Å². The predicted molar refractivity (Wildman–Crippen MR) is 135 cm³/mol. The monoisotopic (exact) mass is 447 g/mol. The van der Waals surface area contributed by atoms with Crippen molar-refractivity contribution < 1.29 is 4.39 Å². The Balaban J connectivity index is 1.59. The van der Waals surface area contributed by atoms with Gasteiger partial charge in [-0.2, -0.15) is 0 Å². The second kappa shape index (κ2) is 9.87. The summed E-state index contributed by atoms with van der Waals surface area (Å²) in [4.78, 5) is 9.95. The molecule has 4 rings (SSSR count). The summed E-state index contributed by atoms with van der Waals surface area (Å²) >= 11 is 0. The maximum Gasteiger partial charge on any atom is 0.150 e. The first-order chi connectivity index (χ1) is 15.9. The van der Waals surface area contributed by atoms with Crippen molar-refractivity contribution in [3.05, 3.63) is 65.4 Å². The molecule has 1 aromatic carbocycles. The second-order valence-corrected chi connectivity index (χ2v) is 9.38. The zero-order valence-corrected chi connectivity index (χ0v) is 20.0. The van der Waals surface area contributed by atoms with Gasteiger partial charge in [-0.1, -0.05) is 19.9 Å². The Morgan fingerprint density at radius 3 is 2.76 bits per heavy atom. The molecule has 3 aromatic rings. The maximum absolute atomic E-state index is 14.7. The molecule has 1 saturated heterocycles. The lowest BCUT2D eigenvalue weighted by Crippen LogP contribution is -2.36. The fourth-order valence-electron chi connectivity index (χ4n) is 4.93. The van der Waals surface area contributed by atoms with Gasteiger partial charge in [0.2, 0.25) is 0 Å². The molecule has 6 heteroatoms. The van der Waals surface area contributed by atoms with Crippen molar-refractivity contribution in [2.75, 3.05) is 26.7 Å². The number of nitrogens with zero attached hydrogens (tertiary/aromatic N) is 2. The molecule has 0 bridgehead atoms. The number of piperidine rings is 1. The average molecular weight is 448 g/mol. The summed E-state index contributed by atoms with van der Waals surface area (Å²) in [7, 11) is 1.85. The standard InChI is InChI=1S/C27H34FN5/c1-17(2)26-23-14-20(19-8-11-33(12-9-19)16-21(29)7-10-30-4)5-6-25(23)32-27(26)22-13-18(3)31-15-24(22)28/h5-7,10,13-15,17,19,29-30,32H,8-9,11-12,16H2,1-4H3/b10-7-,29-21?. The molecule has 0 spiro atoms. The van der Waals surface area contributed by atoms with Crippen LogP contribution in [0.15, 0.2) is 42.7 Å². The summed E-state index contributed by atoms with van der Waals surface area (Å²) in [6.07, 6.45) is 7.11. The first-order valence-corrected chi connectivity index (χ1v) is 11.8. The first kappa shape index (κ1) is 23.2. The van der Waals surface area contributed by atoms with Crippen LogP contribution in [0.4, 0.5) is 4.39 Å². The Morgan fingerprint density at radius 2 is 2.06 bits per heavy atom. The summed E-state index contributed by atoms with van der Waals surface area (Å²) in [6.45, 7) is 8.91. The zero-order chi connectivity index (χ0) is 23.5. The number of hydrogen-bond donors (Lipinski definition) is 3. The molecule has 1 aliphatic heterocycles. The molecule has 0 amide bonds. The van der Waals surface area contributed by atoms with Crippen molar-refractivity contribution in [3.8, 4) is 11.3 Å². The molecule has 3 N–H and O–H groups in total. The molecule has 1 fully saturated rings. The van der Waals surface area contributed by atoms with Crippen LogP contribution in [-0.2, 0) is 0 Å². The number of H-pyrrole nitrogens is 1. The number of fused-ring (bicyclic) bond motifs is 1. The van der Waals surface area contributed by atoms with Gasteiger partial charge < -0.3 is 15.7 Å². The van der Waals surface area contributed by atoms with E-state index in [1.54, 1.807) is 6.20 Å². The fourth-order valence-corrected chi connectivity index (χ4v) is 4.93. The molecule has 5 nitrogen and oxygen atoms in total. The zero-order valence-electron chi connectivity index (χ0n) is 20.0. The van der Waals surface area contributed by atoms with Crippen LogP contribution in [0.2, 0.25) is 0 Å². The Morgan fingerprint density at radius 1 is 1.30 bits per heavy atom. The van der Waals surface area contributed by atoms with E-state index in [4.69, 9.17) is 5.41 Å². The molecule has 2 aromatic heterocycles. The number of likely N-dealkylation sites (tertiary alicyclic amines) is 1. The molecule has 0 saturated carbocycles. The lowest BCUT2D eigenvalue weighted by Gasteiger charge is -2.32. The van der Waals surface area contributed by atoms with Crippen molar-refractivity contribution in [2.45, 2.75) is 45.4 Å². The summed E-state index contributed by atoms with van der Waals surface area (Å²) in [5, 5.41) is 12.2. The average Bonchev–Trinajstić information content (AvgIpc) is 3.18. The van der Waals surface area contributed by atoms with Gasteiger partial charge in [0.15, 0.2) is 5.82 Å². The third kappa shape index (κ3) is 5.01. The van der Waals surface area contributed by atoms with Crippen LogP contribution in [0.5, 0.6) is 0 Å². The van der Waals surface area contributed by atoms with Crippen LogP contribution in [-0.4, -0.2) is 47.3 Å². The van der Waals surface area contributed by atoms with Gasteiger partial charge in [0.1, 0.15) is 0 Å². The van der Waals surface area contributed by atoms with Gasteiger partial charge in [-0.15, -0.1) is 0 Å². The molecule has 1 aliphatic rings. The predicted octanol–water partition coefficient (Wildman–Crippen LogP) is 5.73. The van der Waals surface area contributed by atoms with Gasteiger partial charge in [0.25, 0.3) is 0 Å². The minimum Gasteiger partial charge on any atom is -0.394 e. The third-order valence-electron chi connectivity index (χ3n) is 6.61. The number of aryl methyl sites for hydroxylation is 1. The van der Waals surface area contributed by atoms with Crippen LogP contribution in [0, 0.1) is 18.2 Å². The van der Waals surface area contributed by atoms with Crippen molar-refractivity contribution in [1.82, 2.24) is 20.2 Å². The van der Waals surface area contributed by atoms with E-state index in [1.807, 2.05) is 26.1 Å². The van der Waals surface area contributed by atoms with Gasteiger partial charge in [0.05, 0.1) is 11.9 Å². The molecule has 0 unspecified atom stereocenters. The molecular weight excluding hydrogens is 413 g/mol. The van der Waals surface area contributed by atoms with Gasteiger partial charge >= 0.3 is 0 Å². The molecule has 33 heavy (non-hydrogen) atoms. The van der Waals surface area contributed by atoms with E-state index >= 15 is 0 Å². The minimum atomic E-state index is -0.295. The Kier molecular flexibility index (Phi) is 6.94. The van der Waals surface area contributed by atoms with E-state index in [0.29, 0.717) is 23.7 Å². The lowest BCUT2D eigenvalue weighted by atomic mass is 9.87. The molecule has 0 atom stereocenters. The highest BCUT2D eigenvalue weighted by Crippen LogP contribution is 2.39. The molecular formula is C27H34FN5. The first-order valence-electron chi connectivity index (χ1n) is 11.8. The number of aromatic amines is 1. The molecule has 0 radical (unpaired) electrons. The number of rotatable bonds is 7. The fraction of sp³-hybridized carbons (Fsp3) is 0.407. The Hall–Kier alpha value is -2.99. The highest BCUT2D eigenvalue weighted by Gasteiger charge is 2.23. The van der Waals surface area contributed by atoms with E-state index < -0.39 is 0 Å². The topological polar surface area (TPSA) is 67.8 Å². The summed E-state index contributed by atoms with van der Waals surface area (Å²) in [5.74, 6) is 0.470.